The van der Waals surface area contributed by atoms with Crippen LogP contribution in [-0.4, -0.2) is 41.3 Å². The van der Waals surface area contributed by atoms with Crippen molar-refractivity contribution in [2.24, 2.45) is 0 Å². The number of phenolic OH excluding ortho intramolecular Hbond substituents is 1. The van der Waals surface area contributed by atoms with Gasteiger partial charge in [-0.1, -0.05) is 17.7 Å². The molecular weight excluding hydrogens is 362 g/mol. The Bertz CT molecular complexity index is 795. The summed E-state index contributed by atoms with van der Waals surface area (Å²) in [6, 6.07) is 9.86. The third-order valence-corrected chi connectivity index (χ3v) is 3.65. The number of hydrogen-bond acceptors (Lipinski definition) is 5. The summed E-state index contributed by atoms with van der Waals surface area (Å²) in [4.78, 5) is 22.8. The molecule has 0 spiro atoms. The number of aliphatic carboxylic acids is 1. The summed E-state index contributed by atoms with van der Waals surface area (Å²) in [6.07, 6.45) is 0. The summed E-state index contributed by atoms with van der Waals surface area (Å²) in [6.45, 7) is 1.84. The third kappa shape index (κ3) is 5.56. The molecule has 8 heteroatoms. The first kappa shape index (κ1) is 19.4. The van der Waals surface area contributed by atoms with Crippen LogP contribution in [0, 0.1) is 0 Å². The van der Waals surface area contributed by atoms with Crippen LogP contribution in [0.5, 0.6) is 17.2 Å². The number of phenols is 1. The summed E-state index contributed by atoms with van der Waals surface area (Å²) in [7, 11) is 0. The van der Waals surface area contributed by atoms with Gasteiger partial charge in [0.25, 0.3) is 5.91 Å². The van der Waals surface area contributed by atoms with E-state index >= 15 is 0 Å². The summed E-state index contributed by atoms with van der Waals surface area (Å²) in [5.41, 5.74) is 0.156. The number of carboxylic acids is 1. The average Bonchev–Trinajstić information content (AvgIpc) is 2.58. The molecule has 0 aliphatic heterocycles. The van der Waals surface area contributed by atoms with E-state index in [1.54, 1.807) is 24.3 Å². The summed E-state index contributed by atoms with van der Waals surface area (Å²) in [5.74, 6) is -0.644. The van der Waals surface area contributed by atoms with Crippen molar-refractivity contribution in [1.29, 1.82) is 0 Å². The van der Waals surface area contributed by atoms with Crippen LogP contribution >= 0.6 is 11.6 Å². The van der Waals surface area contributed by atoms with Crippen LogP contribution in [-0.2, 0) is 4.79 Å². The van der Waals surface area contributed by atoms with Gasteiger partial charge in [-0.25, -0.2) is 0 Å². The van der Waals surface area contributed by atoms with Crippen molar-refractivity contribution in [1.82, 2.24) is 5.32 Å². The molecule has 2 aromatic carbocycles. The van der Waals surface area contributed by atoms with Gasteiger partial charge in [-0.3, -0.25) is 9.59 Å². The topological polar surface area (TPSA) is 105 Å². The molecule has 0 saturated heterocycles. The molecule has 7 nitrogen and oxygen atoms in total. The lowest BCUT2D eigenvalue weighted by Crippen LogP contribution is -2.38. The van der Waals surface area contributed by atoms with Crippen molar-refractivity contribution in [3.63, 3.8) is 0 Å². The highest BCUT2D eigenvalue weighted by Gasteiger charge is 2.17. The molecule has 2 rings (SSSR count). The Labute approximate surface area is 155 Å². The summed E-state index contributed by atoms with van der Waals surface area (Å²) < 4.78 is 10.9. The van der Waals surface area contributed by atoms with E-state index in [1.807, 2.05) is 0 Å². The molecule has 0 bridgehead atoms. The Morgan fingerprint density at radius 3 is 2.35 bits per heavy atom. The van der Waals surface area contributed by atoms with E-state index in [4.69, 9.17) is 26.2 Å². The molecule has 138 valence electrons. The zero-order valence-electron chi connectivity index (χ0n) is 13.9. The minimum absolute atomic E-state index is 0.112. The van der Waals surface area contributed by atoms with E-state index in [0.717, 1.165) is 0 Å². The number of carboxylic acid groups (broad SMARTS) is 1. The Kier molecular flexibility index (Phi) is 6.68. The lowest BCUT2D eigenvalue weighted by molar-refractivity contribution is -0.138. The van der Waals surface area contributed by atoms with Crippen LogP contribution in [0.25, 0.3) is 0 Å². The monoisotopic (exact) mass is 379 g/mol. The van der Waals surface area contributed by atoms with Gasteiger partial charge in [0, 0.05) is 6.07 Å². The second kappa shape index (κ2) is 8.96. The Hall–Kier alpha value is -2.93. The van der Waals surface area contributed by atoms with Crippen molar-refractivity contribution >= 4 is 23.5 Å². The molecule has 26 heavy (non-hydrogen) atoms. The maximum atomic E-state index is 12.0. The number of ether oxygens (including phenoxy) is 2. The van der Waals surface area contributed by atoms with E-state index in [-0.39, 0.29) is 29.5 Å². The minimum Gasteiger partial charge on any atom is -0.508 e. The number of halogens is 1. The maximum absolute atomic E-state index is 12.0. The zero-order valence-corrected chi connectivity index (χ0v) is 14.7. The lowest BCUT2D eigenvalue weighted by Gasteiger charge is -2.12. The fourth-order valence-electron chi connectivity index (χ4n) is 2.00. The number of carbonyl (C=O) groups is 2. The standard InChI is InChI=1S/C18H18ClNO6/c1-11(18(23)24)20-17(22)15-6-5-14(10-16(15)19)26-8-7-25-13-4-2-3-12(21)9-13/h2-6,9-11,21H,7-8H2,1H3,(H,20,22)(H,23,24)/t11-/m0/s1. The molecule has 3 N–H and O–H groups in total. The molecule has 0 aromatic heterocycles. The fraction of sp³-hybridized carbons (Fsp3) is 0.222. The van der Waals surface area contributed by atoms with Gasteiger partial charge in [0.1, 0.15) is 36.5 Å². The van der Waals surface area contributed by atoms with Gasteiger partial charge in [0.15, 0.2) is 0 Å². The predicted octanol–water partition coefficient (Wildman–Crippen LogP) is 2.71. The number of amides is 1. The highest BCUT2D eigenvalue weighted by Crippen LogP contribution is 2.23. The van der Waals surface area contributed by atoms with Crippen LogP contribution in [0.3, 0.4) is 0 Å². The highest BCUT2D eigenvalue weighted by atomic mass is 35.5. The van der Waals surface area contributed by atoms with Gasteiger partial charge in [-0.15, -0.1) is 0 Å². The Balaban J connectivity index is 1.86. The number of rotatable bonds is 8. The molecule has 0 aliphatic carbocycles. The van der Waals surface area contributed by atoms with Crippen molar-refractivity contribution in [3.05, 3.63) is 53.1 Å². The van der Waals surface area contributed by atoms with Gasteiger partial charge < -0.3 is 25.0 Å². The Morgan fingerprint density at radius 2 is 1.77 bits per heavy atom. The largest absolute Gasteiger partial charge is 0.508 e. The van der Waals surface area contributed by atoms with Gasteiger partial charge in [-0.2, -0.15) is 0 Å². The predicted molar refractivity (Wildman–Crippen MR) is 95.1 cm³/mol. The van der Waals surface area contributed by atoms with Crippen LogP contribution in [0.15, 0.2) is 42.5 Å². The number of benzene rings is 2. The molecule has 1 atom stereocenters. The smallest absolute Gasteiger partial charge is 0.325 e. The number of nitrogens with one attached hydrogen (secondary N) is 1. The number of aromatic hydroxyl groups is 1. The fourth-order valence-corrected chi connectivity index (χ4v) is 2.25. The molecule has 0 heterocycles. The summed E-state index contributed by atoms with van der Waals surface area (Å²) in [5, 5.41) is 20.6. The van der Waals surface area contributed by atoms with Gasteiger partial charge >= 0.3 is 5.97 Å². The lowest BCUT2D eigenvalue weighted by atomic mass is 10.2. The quantitative estimate of drug-likeness (QED) is 0.609. The highest BCUT2D eigenvalue weighted by molar-refractivity contribution is 6.34. The van der Waals surface area contributed by atoms with Gasteiger partial charge in [-0.05, 0) is 37.3 Å². The first-order valence-corrected chi connectivity index (χ1v) is 8.12. The van der Waals surface area contributed by atoms with E-state index in [2.05, 4.69) is 5.32 Å². The molecule has 0 saturated carbocycles. The number of carbonyl (C=O) groups excluding carboxylic acids is 1. The maximum Gasteiger partial charge on any atom is 0.325 e. The van der Waals surface area contributed by atoms with Gasteiger partial charge in [0.2, 0.25) is 0 Å². The summed E-state index contributed by atoms with van der Waals surface area (Å²) >= 11 is 6.07. The molecule has 0 fully saturated rings. The normalized spacial score (nSPS) is 11.5. The van der Waals surface area contributed by atoms with Gasteiger partial charge in [0.05, 0.1) is 10.6 Å². The molecule has 0 aliphatic rings. The van der Waals surface area contributed by atoms with Crippen LogP contribution in [0.2, 0.25) is 5.02 Å². The first-order chi connectivity index (χ1) is 12.4. The van der Waals surface area contributed by atoms with Crippen molar-refractivity contribution in [3.8, 4) is 17.2 Å². The third-order valence-electron chi connectivity index (χ3n) is 3.34. The Morgan fingerprint density at radius 1 is 1.12 bits per heavy atom. The zero-order chi connectivity index (χ0) is 19.1. The average molecular weight is 380 g/mol. The van der Waals surface area contributed by atoms with E-state index in [9.17, 15) is 14.7 Å². The van der Waals surface area contributed by atoms with E-state index < -0.39 is 17.9 Å². The SMILES string of the molecule is C[C@H](NC(=O)c1ccc(OCCOc2cccc(O)c2)cc1Cl)C(=O)O. The van der Waals surface area contributed by atoms with E-state index in [0.29, 0.717) is 11.5 Å². The van der Waals surface area contributed by atoms with Crippen LogP contribution in [0.4, 0.5) is 0 Å². The second-order valence-electron chi connectivity index (χ2n) is 5.37. The second-order valence-corrected chi connectivity index (χ2v) is 5.78. The van der Waals surface area contributed by atoms with Crippen LogP contribution < -0.4 is 14.8 Å². The van der Waals surface area contributed by atoms with Crippen molar-refractivity contribution in [2.45, 2.75) is 13.0 Å². The van der Waals surface area contributed by atoms with E-state index in [1.165, 1.54) is 25.1 Å². The molecule has 0 unspecified atom stereocenters. The molecular formula is C18H18ClNO6. The van der Waals surface area contributed by atoms with Crippen LogP contribution in [0.1, 0.15) is 17.3 Å². The molecule has 0 radical (unpaired) electrons. The molecule has 2 aromatic rings. The molecule has 1 amide bonds. The van der Waals surface area contributed by atoms with Crippen molar-refractivity contribution in [2.75, 3.05) is 13.2 Å². The minimum atomic E-state index is -1.14. The number of hydrogen-bond donors (Lipinski definition) is 3. The van der Waals surface area contributed by atoms with Crippen molar-refractivity contribution < 1.29 is 29.3 Å². The first-order valence-electron chi connectivity index (χ1n) is 7.74.